The summed E-state index contributed by atoms with van der Waals surface area (Å²) in [5.41, 5.74) is 1.84. The molecule has 18 heavy (non-hydrogen) atoms. The summed E-state index contributed by atoms with van der Waals surface area (Å²) in [4.78, 5) is 11.8. The Morgan fingerprint density at radius 3 is 3.00 bits per heavy atom. The predicted molar refractivity (Wildman–Crippen MR) is 77.7 cm³/mol. The van der Waals surface area contributed by atoms with Crippen LogP contribution in [0.15, 0.2) is 18.2 Å². The molecular weight excluding hydrogens is 271 g/mol. The second-order valence-electron chi connectivity index (χ2n) is 4.50. The first-order valence-corrected chi connectivity index (χ1v) is 6.32. The number of hydrogen-bond acceptors (Lipinski definition) is 2. The number of hydrogen-bond donors (Lipinski definition) is 2. The van der Waals surface area contributed by atoms with Crippen LogP contribution >= 0.6 is 24.0 Å². The molecule has 5 heteroatoms. The largest absolute Gasteiger partial charge is 0.326 e. The topological polar surface area (TPSA) is 41.1 Å². The van der Waals surface area contributed by atoms with Crippen LogP contribution in [0.25, 0.3) is 0 Å². The molecule has 2 N–H and O–H groups in total. The molecule has 1 aromatic rings. The van der Waals surface area contributed by atoms with E-state index in [2.05, 4.69) is 10.6 Å². The number of anilines is 1. The van der Waals surface area contributed by atoms with Crippen molar-refractivity contribution in [1.29, 1.82) is 0 Å². The maximum Gasteiger partial charge on any atom is 0.225 e. The average molecular weight is 289 g/mol. The number of halogens is 2. The van der Waals surface area contributed by atoms with E-state index in [1.54, 1.807) is 6.07 Å². The molecule has 0 aliphatic carbocycles. The van der Waals surface area contributed by atoms with Crippen LogP contribution < -0.4 is 10.6 Å². The zero-order chi connectivity index (χ0) is 12.3. The summed E-state index contributed by atoms with van der Waals surface area (Å²) in [5, 5.41) is 6.87. The van der Waals surface area contributed by atoms with Crippen LogP contribution in [-0.4, -0.2) is 18.5 Å². The lowest BCUT2D eigenvalue weighted by Gasteiger charge is -2.12. The zero-order valence-electron chi connectivity index (χ0n) is 10.3. The van der Waals surface area contributed by atoms with E-state index in [-0.39, 0.29) is 18.3 Å². The van der Waals surface area contributed by atoms with Gasteiger partial charge in [-0.25, -0.2) is 0 Å². The van der Waals surface area contributed by atoms with Gasteiger partial charge >= 0.3 is 0 Å². The highest BCUT2D eigenvalue weighted by atomic mass is 35.5. The van der Waals surface area contributed by atoms with Gasteiger partial charge in [-0.3, -0.25) is 4.79 Å². The van der Waals surface area contributed by atoms with Crippen molar-refractivity contribution in [2.75, 3.05) is 11.9 Å². The molecule has 1 heterocycles. The first-order valence-electron chi connectivity index (χ1n) is 5.94. The minimum atomic E-state index is 0. The van der Waals surface area contributed by atoms with Crippen LogP contribution in [-0.2, 0) is 4.79 Å². The fourth-order valence-corrected chi connectivity index (χ4v) is 2.26. The molecule has 1 aromatic carbocycles. The van der Waals surface area contributed by atoms with E-state index in [0.717, 1.165) is 30.6 Å². The van der Waals surface area contributed by atoms with Crippen LogP contribution in [0.3, 0.4) is 0 Å². The normalized spacial score (nSPS) is 18.2. The van der Waals surface area contributed by atoms with Crippen molar-refractivity contribution in [1.82, 2.24) is 5.32 Å². The summed E-state index contributed by atoms with van der Waals surface area (Å²) < 4.78 is 0. The Morgan fingerprint density at radius 1 is 1.56 bits per heavy atom. The van der Waals surface area contributed by atoms with Crippen LogP contribution in [0.5, 0.6) is 0 Å². The van der Waals surface area contributed by atoms with Gasteiger partial charge in [-0.15, -0.1) is 12.4 Å². The molecule has 1 saturated heterocycles. The van der Waals surface area contributed by atoms with Gasteiger partial charge in [0.05, 0.1) is 0 Å². The van der Waals surface area contributed by atoms with E-state index in [1.165, 1.54) is 0 Å². The summed E-state index contributed by atoms with van der Waals surface area (Å²) in [6, 6.07) is 5.85. The summed E-state index contributed by atoms with van der Waals surface area (Å²) in [6.07, 6.45) is 2.78. The Labute approximate surface area is 119 Å². The predicted octanol–water partition coefficient (Wildman–Crippen LogP) is 3.15. The lowest BCUT2D eigenvalue weighted by Crippen LogP contribution is -2.27. The first kappa shape index (κ1) is 15.3. The van der Waals surface area contributed by atoms with Crippen molar-refractivity contribution in [3.63, 3.8) is 0 Å². The smallest absolute Gasteiger partial charge is 0.225 e. The molecular formula is C13H18Cl2N2O. The lowest BCUT2D eigenvalue weighted by molar-refractivity contribution is -0.116. The number of benzene rings is 1. The van der Waals surface area contributed by atoms with E-state index < -0.39 is 0 Å². The lowest BCUT2D eigenvalue weighted by atomic mass is 10.1. The summed E-state index contributed by atoms with van der Waals surface area (Å²) in [6.45, 7) is 2.98. The third-order valence-corrected chi connectivity index (χ3v) is 3.30. The minimum Gasteiger partial charge on any atom is -0.326 e. The number of aryl methyl sites for hydroxylation is 1. The molecule has 0 spiro atoms. The van der Waals surface area contributed by atoms with E-state index in [4.69, 9.17) is 11.6 Å². The van der Waals surface area contributed by atoms with Crippen LogP contribution in [0.4, 0.5) is 5.69 Å². The first-order chi connectivity index (χ1) is 8.15. The molecule has 3 nitrogen and oxygen atoms in total. The Bertz CT molecular complexity index is 417. The summed E-state index contributed by atoms with van der Waals surface area (Å²) in [7, 11) is 0. The third-order valence-electron chi connectivity index (χ3n) is 3.07. The number of amides is 1. The Morgan fingerprint density at radius 2 is 2.33 bits per heavy atom. The third kappa shape index (κ3) is 4.16. The molecule has 0 saturated carbocycles. The monoisotopic (exact) mass is 288 g/mol. The highest BCUT2D eigenvalue weighted by molar-refractivity contribution is 6.31. The van der Waals surface area contributed by atoms with Gasteiger partial charge < -0.3 is 10.6 Å². The fourth-order valence-electron chi connectivity index (χ4n) is 2.08. The average Bonchev–Trinajstić information content (AvgIpc) is 2.76. The van der Waals surface area contributed by atoms with Gasteiger partial charge in [0.15, 0.2) is 0 Å². The summed E-state index contributed by atoms with van der Waals surface area (Å²) in [5.74, 6) is 0.0507. The highest BCUT2D eigenvalue weighted by Gasteiger charge is 2.17. The number of rotatable bonds is 3. The molecule has 0 radical (unpaired) electrons. The molecule has 2 rings (SSSR count). The van der Waals surface area contributed by atoms with Crippen molar-refractivity contribution in [2.24, 2.45) is 0 Å². The minimum absolute atomic E-state index is 0. The van der Waals surface area contributed by atoms with Crippen molar-refractivity contribution in [2.45, 2.75) is 32.2 Å². The van der Waals surface area contributed by atoms with E-state index in [9.17, 15) is 4.79 Å². The molecule has 1 amide bonds. The standard InChI is InChI=1S/C13H17ClN2O.ClH/c1-9-4-5-10(14)7-12(9)16-13(17)8-11-3-2-6-15-11;/h4-5,7,11,15H,2-3,6,8H2,1H3,(H,16,17);1H. The molecule has 1 aliphatic rings. The maximum absolute atomic E-state index is 11.8. The molecule has 1 aliphatic heterocycles. The van der Waals surface area contributed by atoms with Gasteiger partial charge in [-0.2, -0.15) is 0 Å². The van der Waals surface area contributed by atoms with Gasteiger partial charge in [0, 0.05) is 23.2 Å². The Kier molecular flexibility index (Phi) is 5.93. The summed E-state index contributed by atoms with van der Waals surface area (Å²) >= 11 is 5.91. The van der Waals surface area contributed by atoms with E-state index in [1.807, 2.05) is 19.1 Å². The molecule has 100 valence electrons. The van der Waals surface area contributed by atoms with Crippen LogP contribution in [0.1, 0.15) is 24.8 Å². The molecule has 0 aromatic heterocycles. The Balaban J connectivity index is 0.00000162. The van der Waals surface area contributed by atoms with Gasteiger partial charge in [-0.05, 0) is 44.0 Å². The number of nitrogens with one attached hydrogen (secondary N) is 2. The Hall–Kier alpha value is -0.770. The van der Waals surface area contributed by atoms with Crippen LogP contribution in [0, 0.1) is 6.92 Å². The van der Waals surface area contributed by atoms with E-state index >= 15 is 0 Å². The highest BCUT2D eigenvalue weighted by Crippen LogP contribution is 2.20. The van der Waals surface area contributed by atoms with Crippen molar-refractivity contribution in [3.05, 3.63) is 28.8 Å². The van der Waals surface area contributed by atoms with Crippen molar-refractivity contribution in [3.8, 4) is 0 Å². The second kappa shape index (κ2) is 6.98. The van der Waals surface area contributed by atoms with Crippen LogP contribution in [0.2, 0.25) is 5.02 Å². The van der Waals surface area contributed by atoms with Gasteiger partial charge in [0.1, 0.15) is 0 Å². The molecule has 0 bridgehead atoms. The maximum atomic E-state index is 11.8. The molecule has 1 unspecified atom stereocenters. The molecule has 1 fully saturated rings. The second-order valence-corrected chi connectivity index (χ2v) is 4.94. The van der Waals surface area contributed by atoms with Gasteiger partial charge in [0.2, 0.25) is 5.91 Å². The zero-order valence-corrected chi connectivity index (χ0v) is 11.9. The number of carbonyl (C=O) groups is 1. The number of carbonyl (C=O) groups excluding carboxylic acids is 1. The van der Waals surface area contributed by atoms with Gasteiger partial charge in [-0.1, -0.05) is 17.7 Å². The molecule has 1 atom stereocenters. The SMILES string of the molecule is Cc1ccc(Cl)cc1NC(=O)CC1CCCN1.Cl. The fraction of sp³-hybridized carbons (Fsp3) is 0.462. The van der Waals surface area contributed by atoms with Crippen molar-refractivity contribution < 1.29 is 4.79 Å². The van der Waals surface area contributed by atoms with E-state index in [0.29, 0.717) is 17.5 Å². The van der Waals surface area contributed by atoms with Gasteiger partial charge in [0.25, 0.3) is 0 Å². The van der Waals surface area contributed by atoms with Crippen molar-refractivity contribution >= 4 is 35.6 Å². The quantitative estimate of drug-likeness (QED) is 0.897.